The Kier molecular flexibility index (Phi) is 5.21. The van der Waals surface area contributed by atoms with Crippen molar-refractivity contribution in [1.29, 1.82) is 0 Å². The lowest BCUT2D eigenvalue weighted by atomic mass is 10.0. The quantitative estimate of drug-likeness (QED) is 0.855. The van der Waals surface area contributed by atoms with Gasteiger partial charge >= 0.3 is 0 Å². The maximum absolute atomic E-state index is 12.7. The number of likely N-dealkylation sites (tertiary alicyclic amines) is 2. The van der Waals surface area contributed by atoms with Crippen molar-refractivity contribution in [3.05, 3.63) is 29.8 Å². The Balaban J connectivity index is 1.67. The van der Waals surface area contributed by atoms with Gasteiger partial charge in [0.1, 0.15) is 5.75 Å². The largest absolute Gasteiger partial charge is 0.497 e. The van der Waals surface area contributed by atoms with Gasteiger partial charge in [0.15, 0.2) is 0 Å². The molecule has 1 aromatic carbocycles. The number of hydrogen-bond donors (Lipinski definition) is 0. The predicted octanol–water partition coefficient (Wildman–Crippen LogP) is 3.23. The van der Waals surface area contributed by atoms with Gasteiger partial charge in [0.2, 0.25) is 5.91 Å². The summed E-state index contributed by atoms with van der Waals surface area (Å²) in [6.07, 6.45) is 5.82. The lowest BCUT2D eigenvalue weighted by Gasteiger charge is -2.35. The van der Waals surface area contributed by atoms with E-state index in [2.05, 4.69) is 28.9 Å². The first-order valence-corrected chi connectivity index (χ1v) is 8.86. The third-order valence-corrected chi connectivity index (χ3v) is 5.30. The highest BCUT2D eigenvalue weighted by atomic mass is 16.5. The van der Waals surface area contributed by atoms with Crippen LogP contribution < -0.4 is 4.74 Å². The van der Waals surface area contributed by atoms with Gasteiger partial charge in [0.25, 0.3) is 0 Å². The number of carbonyl (C=O) groups excluding carboxylic acids is 1. The topological polar surface area (TPSA) is 32.8 Å². The normalized spacial score (nSPS) is 25.6. The molecule has 2 heterocycles. The number of ether oxygens (including phenoxy) is 1. The van der Waals surface area contributed by atoms with E-state index in [1.54, 1.807) is 7.11 Å². The molecule has 0 spiro atoms. The number of methoxy groups -OCH3 is 1. The summed E-state index contributed by atoms with van der Waals surface area (Å²) >= 11 is 0. The first-order valence-electron chi connectivity index (χ1n) is 8.86. The Morgan fingerprint density at radius 2 is 2.09 bits per heavy atom. The fraction of sp³-hybridized carbons (Fsp3) is 0.632. The average Bonchev–Trinajstić information content (AvgIpc) is 3.03. The maximum atomic E-state index is 12.7. The van der Waals surface area contributed by atoms with Crippen molar-refractivity contribution in [2.75, 3.05) is 26.7 Å². The highest BCUT2D eigenvalue weighted by molar-refractivity contribution is 5.78. The van der Waals surface area contributed by atoms with E-state index in [0.29, 0.717) is 24.5 Å². The third kappa shape index (κ3) is 3.69. The predicted molar refractivity (Wildman–Crippen MR) is 91.6 cm³/mol. The first-order chi connectivity index (χ1) is 11.2. The fourth-order valence-electron chi connectivity index (χ4n) is 3.97. The lowest BCUT2D eigenvalue weighted by molar-refractivity contribution is -0.135. The number of piperidine rings is 1. The molecule has 1 amide bonds. The molecule has 0 saturated carbocycles. The minimum atomic E-state index is 0.298. The van der Waals surface area contributed by atoms with Crippen LogP contribution in [0.2, 0.25) is 0 Å². The number of carbonyl (C=O) groups is 1. The molecule has 0 aromatic heterocycles. The van der Waals surface area contributed by atoms with Crippen LogP contribution in [-0.4, -0.2) is 48.5 Å². The van der Waals surface area contributed by atoms with E-state index in [9.17, 15) is 4.79 Å². The van der Waals surface area contributed by atoms with Crippen LogP contribution in [0, 0.1) is 0 Å². The summed E-state index contributed by atoms with van der Waals surface area (Å²) in [5.41, 5.74) is 1.27. The second kappa shape index (κ2) is 7.35. The van der Waals surface area contributed by atoms with Crippen LogP contribution in [-0.2, 0) is 4.79 Å². The molecule has 2 aliphatic heterocycles. The van der Waals surface area contributed by atoms with Crippen LogP contribution in [0.15, 0.2) is 24.3 Å². The van der Waals surface area contributed by atoms with Crippen LogP contribution in [0.25, 0.3) is 0 Å². The summed E-state index contributed by atoms with van der Waals surface area (Å²) in [7, 11) is 1.70. The highest BCUT2D eigenvalue weighted by Gasteiger charge is 2.31. The van der Waals surface area contributed by atoms with Crippen LogP contribution in [0.5, 0.6) is 5.75 Å². The molecule has 23 heavy (non-hydrogen) atoms. The van der Waals surface area contributed by atoms with Gasteiger partial charge in [-0.15, -0.1) is 0 Å². The zero-order chi connectivity index (χ0) is 16.2. The van der Waals surface area contributed by atoms with Crippen LogP contribution in [0.1, 0.15) is 50.6 Å². The van der Waals surface area contributed by atoms with Gasteiger partial charge < -0.3 is 9.64 Å². The molecule has 3 rings (SSSR count). The molecule has 2 aliphatic rings. The maximum Gasteiger partial charge on any atom is 0.237 e. The Bertz CT molecular complexity index is 546. The zero-order valence-corrected chi connectivity index (χ0v) is 14.3. The number of hydrogen-bond acceptors (Lipinski definition) is 3. The average molecular weight is 316 g/mol. The molecule has 1 aromatic rings. The van der Waals surface area contributed by atoms with Gasteiger partial charge in [-0.2, -0.15) is 0 Å². The minimum absolute atomic E-state index is 0.298. The van der Waals surface area contributed by atoms with Crippen molar-refractivity contribution in [1.82, 2.24) is 9.80 Å². The molecule has 2 unspecified atom stereocenters. The minimum Gasteiger partial charge on any atom is -0.497 e. The molecule has 4 heteroatoms. The SMILES string of the molecule is COc1cccc(C2CCCN2CC(=O)N2CCCCC2C)c1. The summed E-state index contributed by atoms with van der Waals surface area (Å²) in [6, 6.07) is 9.02. The van der Waals surface area contributed by atoms with Crippen molar-refractivity contribution in [2.45, 2.75) is 51.1 Å². The summed E-state index contributed by atoms with van der Waals surface area (Å²) < 4.78 is 5.35. The zero-order valence-electron chi connectivity index (χ0n) is 14.3. The van der Waals surface area contributed by atoms with Gasteiger partial charge in [0, 0.05) is 18.6 Å². The number of nitrogens with zero attached hydrogens (tertiary/aromatic N) is 2. The van der Waals surface area contributed by atoms with Crippen LogP contribution in [0.3, 0.4) is 0 Å². The Labute approximate surface area is 139 Å². The molecule has 126 valence electrons. The first kappa shape index (κ1) is 16.3. The van der Waals surface area contributed by atoms with Gasteiger partial charge in [-0.1, -0.05) is 12.1 Å². The third-order valence-electron chi connectivity index (χ3n) is 5.30. The van der Waals surface area contributed by atoms with Gasteiger partial charge in [-0.3, -0.25) is 9.69 Å². The Morgan fingerprint density at radius 1 is 1.22 bits per heavy atom. The van der Waals surface area contributed by atoms with Crippen molar-refractivity contribution in [2.24, 2.45) is 0 Å². The van der Waals surface area contributed by atoms with Gasteiger partial charge in [-0.25, -0.2) is 0 Å². The molecule has 0 radical (unpaired) electrons. The molecule has 0 bridgehead atoms. The van der Waals surface area contributed by atoms with Crippen LogP contribution in [0.4, 0.5) is 0 Å². The monoisotopic (exact) mass is 316 g/mol. The number of rotatable bonds is 4. The summed E-state index contributed by atoms with van der Waals surface area (Å²) in [4.78, 5) is 17.2. The number of amides is 1. The highest BCUT2D eigenvalue weighted by Crippen LogP contribution is 2.33. The standard InChI is InChI=1S/C19H28N2O2/c1-15-7-3-4-12-21(15)19(22)14-20-11-6-10-18(20)16-8-5-9-17(13-16)23-2/h5,8-9,13,15,18H,3-4,6-7,10-12,14H2,1-2H3. The van der Waals surface area contributed by atoms with Crippen molar-refractivity contribution < 1.29 is 9.53 Å². The summed E-state index contributed by atoms with van der Waals surface area (Å²) in [5.74, 6) is 1.19. The molecule has 2 atom stereocenters. The van der Waals surface area contributed by atoms with Crippen molar-refractivity contribution >= 4 is 5.91 Å². The summed E-state index contributed by atoms with van der Waals surface area (Å²) in [5, 5.41) is 0. The van der Waals surface area contributed by atoms with Crippen molar-refractivity contribution in [3.63, 3.8) is 0 Å². The van der Waals surface area contributed by atoms with E-state index in [-0.39, 0.29) is 0 Å². The van der Waals surface area contributed by atoms with E-state index in [4.69, 9.17) is 4.74 Å². The smallest absolute Gasteiger partial charge is 0.237 e. The van der Waals surface area contributed by atoms with Crippen LogP contribution >= 0.6 is 0 Å². The second-order valence-corrected chi connectivity index (χ2v) is 6.84. The molecule has 2 saturated heterocycles. The Hall–Kier alpha value is -1.55. The number of benzene rings is 1. The molecule has 0 N–H and O–H groups in total. The van der Waals surface area contributed by atoms with E-state index < -0.39 is 0 Å². The molecule has 2 fully saturated rings. The molecule has 4 nitrogen and oxygen atoms in total. The molecule has 0 aliphatic carbocycles. The van der Waals surface area contributed by atoms with Crippen molar-refractivity contribution in [3.8, 4) is 5.75 Å². The van der Waals surface area contributed by atoms with E-state index >= 15 is 0 Å². The lowest BCUT2D eigenvalue weighted by Crippen LogP contribution is -2.46. The second-order valence-electron chi connectivity index (χ2n) is 6.84. The van der Waals surface area contributed by atoms with E-state index in [1.807, 2.05) is 12.1 Å². The molecular formula is C19H28N2O2. The van der Waals surface area contributed by atoms with Gasteiger partial charge in [0.05, 0.1) is 13.7 Å². The fourth-order valence-corrected chi connectivity index (χ4v) is 3.97. The van der Waals surface area contributed by atoms with Gasteiger partial charge in [-0.05, 0) is 63.3 Å². The van der Waals surface area contributed by atoms with E-state index in [1.165, 1.54) is 12.0 Å². The molecular weight excluding hydrogens is 288 g/mol. The summed E-state index contributed by atoms with van der Waals surface area (Å²) in [6.45, 7) is 4.67. The van der Waals surface area contributed by atoms with E-state index in [0.717, 1.165) is 44.5 Å². The Morgan fingerprint density at radius 3 is 2.87 bits per heavy atom.